The van der Waals surface area contributed by atoms with Crippen LogP contribution < -0.4 is 21.3 Å². The number of nitrogens with zero attached hydrogens (tertiary/aromatic N) is 1. The maximum Gasteiger partial charge on any atom is 0.262 e. The first-order valence-corrected chi connectivity index (χ1v) is 7.67. The number of nitrogen functional groups attached to an aromatic ring is 1. The van der Waals surface area contributed by atoms with E-state index in [2.05, 4.69) is 12.2 Å². The van der Waals surface area contributed by atoms with Gasteiger partial charge in [0.2, 0.25) is 0 Å². The number of carbonyl (C=O) groups is 2. The summed E-state index contributed by atoms with van der Waals surface area (Å²) in [5.41, 5.74) is 6.02. The molecule has 0 saturated carbocycles. The molecule has 7 nitrogen and oxygen atoms in total. The Labute approximate surface area is 138 Å². The van der Waals surface area contributed by atoms with Crippen LogP contribution >= 0.6 is 0 Å². The number of hydrogen-bond acceptors (Lipinski definition) is 5. The summed E-state index contributed by atoms with van der Waals surface area (Å²) in [4.78, 5) is 35.9. The summed E-state index contributed by atoms with van der Waals surface area (Å²) in [5, 5.41) is 2.14. The average molecular weight is 327 g/mol. The number of fused-ring (bicyclic) bond motifs is 1. The number of nitrogens with two attached hydrogens (primary N) is 1. The van der Waals surface area contributed by atoms with E-state index in [4.69, 9.17) is 10.5 Å². The highest BCUT2D eigenvalue weighted by molar-refractivity contribution is 6.23. The Hall–Kier alpha value is -3.09. The third-order valence-electron chi connectivity index (χ3n) is 3.80. The highest BCUT2D eigenvalue weighted by atomic mass is 16.5. The number of pyridine rings is 1. The van der Waals surface area contributed by atoms with Gasteiger partial charge in [0.1, 0.15) is 11.6 Å². The Kier molecular flexibility index (Phi) is 4.07. The molecule has 3 rings (SSSR count). The number of ether oxygens (including phenoxy) is 1. The van der Waals surface area contributed by atoms with Crippen molar-refractivity contribution in [2.75, 3.05) is 12.3 Å². The molecule has 0 unspecified atom stereocenters. The molecule has 1 aliphatic rings. The Balaban J connectivity index is 2.06. The maximum absolute atomic E-state index is 12.4. The maximum atomic E-state index is 12.4. The van der Waals surface area contributed by atoms with Gasteiger partial charge in [0, 0.05) is 12.1 Å². The van der Waals surface area contributed by atoms with E-state index in [0.717, 1.165) is 18.9 Å². The van der Waals surface area contributed by atoms with Gasteiger partial charge in [-0.2, -0.15) is 0 Å². The molecular weight excluding hydrogens is 310 g/mol. The molecule has 1 aromatic carbocycles. The summed E-state index contributed by atoms with van der Waals surface area (Å²) in [6, 6.07) is 8.00. The predicted molar refractivity (Wildman–Crippen MR) is 88.7 cm³/mol. The minimum absolute atomic E-state index is 0.00843. The van der Waals surface area contributed by atoms with Crippen LogP contribution in [0.1, 0.15) is 40.5 Å². The van der Waals surface area contributed by atoms with E-state index in [-0.39, 0.29) is 16.9 Å². The Morgan fingerprint density at radius 1 is 1.17 bits per heavy atom. The van der Waals surface area contributed by atoms with Gasteiger partial charge >= 0.3 is 0 Å². The van der Waals surface area contributed by atoms with Gasteiger partial charge in [-0.25, -0.2) is 0 Å². The zero-order valence-electron chi connectivity index (χ0n) is 13.2. The molecule has 3 N–H and O–H groups in total. The number of aromatic nitrogens is 1. The fourth-order valence-electron chi connectivity index (χ4n) is 2.59. The first-order valence-electron chi connectivity index (χ1n) is 7.67. The highest BCUT2D eigenvalue weighted by Gasteiger charge is 2.31. The fourth-order valence-corrected chi connectivity index (χ4v) is 2.59. The number of anilines is 1. The molecule has 0 atom stereocenters. The van der Waals surface area contributed by atoms with E-state index in [9.17, 15) is 14.4 Å². The minimum Gasteiger partial charge on any atom is -0.494 e. The van der Waals surface area contributed by atoms with Gasteiger partial charge in [-0.05, 0) is 18.6 Å². The largest absolute Gasteiger partial charge is 0.494 e. The quantitative estimate of drug-likeness (QED) is 0.639. The second-order valence-electron chi connectivity index (χ2n) is 5.47. The first kappa shape index (κ1) is 15.8. The predicted octanol–water partition coefficient (Wildman–Crippen LogP) is 1.48. The lowest BCUT2D eigenvalue weighted by Crippen LogP contribution is -2.24. The topological polar surface area (TPSA) is 103 Å². The lowest BCUT2D eigenvalue weighted by atomic mass is 10.1. The fraction of sp³-hybridized carbons (Fsp3) is 0.235. The summed E-state index contributed by atoms with van der Waals surface area (Å²) in [5.74, 6) is -0.668. The van der Waals surface area contributed by atoms with Gasteiger partial charge in [-0.15, -0.1) is 0 Å². The van der Waals surface area contributed by atoms with Crippen molar-refractivity contribution in [1.82, 2.24) is 9.88 Å². The number of imide groups is 1. The van der Waals surface area contributed by atoms with E-state index >= 15 is 0 Å². The van der Waals surface area contributed by atoms with E-state index in [1.165, 1.54) is 4.57 Å². The minimum atomic E-state index is -0.609. The molecule has 2 heterocycles. The molecule has 0 bridgehead atoms. The van der Waals surface area contributed by atoms with Crippen molar-refractivity contribution in [3.05, 3.63) is 51.8 Å². The molecular formula is C17H17N3O4. The lowest BCUT2D eigenvalue weighted by Gasteiger charge is -2.13. The monoisotopic (exact) mass is 327 g/mol. The summed E-state index contributed by atoms with van der Waals surface area (Å²) in [6.07, 6.45) is 1.94. The molecule has 2 amide bonds. The molecule has 0 aliphatic carbocycles. The number of carbonyl (C=O) groups excluding carboxylic acids is 2. The Morgan fingerprint density at radius 3 is 2.71 bits per heavy atom. The number of unbranched alkanes of at least 4 members (excludes halogenated alkanes) is 1. The average Bonchev–Trinajstić information content (AvgIpc) is 2.82. The summed E-state index contributed by atoms with van der Waals surface area (Å²) in [7, 11) is 0. The Bertz CT molecular complexity index is 886. The molecule has 0 fully saturated rings. The van der Waals surface area contributed by atoms with Crippen molar-refractivity contribution in [1.29, 1.82) is 0 Å². The van der Waals surface area contributed by atoms with Gasteiger partial charge in [0.15, 0.2) is 0 Å². The number of amides is 2. The van der Waals surface area contributed by atoms with Crippen LogP contribution in [0.2, 0.25) is 0 Å². The molecule has 24 heavy (non-hydrogen) atoms. The van der Waals surface area contributed by atoms with Crippen molar-refractivity contribution in [2.45, 2.75) is 19.8 Å². The van der Waals surface area contributed by atoms with Crippen molar-refractivity contribution in [2.24, 2.45) is 0 Å². The number of rotatable bonds is 5. The van der Waals surface area contributed by atoms with Crippen LogP contribution in [-0.4, -0.2) is 23.0 Å². The summed E-state index contributed by atoms with van der Waals surface area (Å²) < 4.78 is 6.83. The van der Waals surface area contributed by atoms with Crippen LogP contribution in [0.25, 0.3) is 5.69 Å². The third-order valence-corrected chi connectivity index (χ3v) is 3.80. The van der Waals surface area contributed by atoms with Crippen molar-refractivity contribution in [3.63, 3.8) is 0 Å². The van der Waals surface area contributed by atoms with Gasteiger partial charge in [-0.3, -0.25) is 24.3 Å². The summed E-state index contributed by atoms with van der Waals surface area (Å²) in [6.45, 7) is 2.64. The molecule has 7 heteroatoms. The summed E-state index contributed by atoms with van der Waals surface area (Å²) >= 11 is 0. The SMILES string of the molecule is CCCCOc1cccc(-n2c(N)c3c(cc2=O)C(=O)NC3=O)c1. The number of benzene rings is 1. The van der Waals surface area contributed by atoms with Crippen LogP contribution in [0.15, 0.2) is 35.1 Å². The smallest absolute Gasteiger partial charge is 0.262 e. The van der Waals surface area contributed by atoms with Crippen molar-refractivity contribution in [3.8, 4) is 11.4 Å². The highest BCUT2D eigenvalue weighted by Crippen LogP contribution is 2.24. The second-order valence-corrected chi connectivity index (χ2v) is 5.47. The Morgan fingerprint density at radius 2 is 1.96 bits per heavy atom. The standard InChI is InChI=1S/C17H17N3O4/c1-2-3-7-24-11-6-4-5-10(8-11)20-13(21)9-12-14(15(20)18)17(23)19-16(12)22/h4-6,8-9H,2-3,7,18H2,1H3,(H,19,22,23). The van der Waals surface area contributed by atoms with Gasteiger partial charge < -0.3 is 10.5 Å². The zero-order chi connectivity index (χ0) is 17.3. The van der Waals surface area contributed by atoms with Crippen LogP contribution in [0, 0.1) is 0 Å². The second kappa shape index (κ2) is 6.19. The van der Waals surface area contributed by atoms with Crippen LogP contribution in [0.5, 0.6) is 5.75 Å². The van der Waals surface area contributed by atoms with Gasteiger partial charge in [0.25, 0.3) is 17.4 Å². The lowest BCUT2D eigenvalue weighted by molar-refractivity contribution is 0.0880. The number of hydrogen-bond donors (Lipinski definition) is 2. The number of nitrogens with one attached hydrogen (secondary N) is 1. The van der Waals surface area contributed by atoms with E-state index in [0.29, 0.717) is 18.0 Å². The molecule has 0 saturated heterocycles. The molecule has 1 aromatic heterocycles. The zero-order valence-corrected chi connectivity index (χ0v) is 13.2. The molecule has 0 radical (unpaired) electrons. The van der Waals surface area contributed by atoms with Gasteiger partial charge in [-0.1, -0.05) is 19.4 Å². The normalized spacial score (nSPS) is 12.9. The first-order chi connectivity index (χ1) is 11.5. The van der Waals surface area contributed by atoms with Crippen molar-refractivity contribution < 1.29 is 14.3 Å². The van der Waals surface area contributed by atoms with E-state index in [1.807, 2.05) is 0 Å². The molecule has 2 aromatic rings. The third kappa shape index (κ3) is 2.64. The van der Waals surface area contributed by atoms with Crippen LogP contribution in [0.4, 0.5) is 5.82 Å². The molecule has 1 aliphatic heterocycles. The molecule has 124 valence electrons. The van der Waals surface area contributed by atoms with Crippen LogP contribution in [0.3, 0.4) is 0 Å². The van der Waals surface area contributed by atoms with E-state index in [1.54, 1.807) is 24.3 Å². The van der Waals surface area contributed by atoms with Gasteiger partial charge in [0.05, 0.1) is 23.4 Å². The van der Waals surface area contributed by atoms with Crippen LogP contribution in [-0.2, 0) is 0 Å². The van der Waals surface area contributed by atoms with E-state index < -0.39 is 17.4 Å². The van der Waals surface area contributed by atoms with Crippen molar-refractivity contribution >= 4 is 17.6 Å². The molecule has 0 spiro atoms.